The summed E-state index contributed by atoms with van der Waals surface area (Å²) in [5, 5.41) is 9.19. The molecule has 4 rings (SSSR count). The van der Waals surface area contributed by atoms with E-state index in [2.05, 4.69) is 16.0 Å². The summed E-state index contributed by atoms with van der Waals surface area (Å²) in [4.78, 5) is 36.0. The Balaban J connectivity index is 1.38. The van der Waals surface area contributed by atoms with Gasteiger partial charge in [-0.3, -0.25) is 29.6 Å². The fourth-order valence-electron chi connectivity index (χ4n) is 4.86. The summed E-state index contributed by atoms with van der Waals surface area (Å²) in [6.45, 7) is 4.59. The van der Waals surface area contributed by atoms with Crippen molar-refractivity contribution in [2.75, 3.05) is 39.8 Å². The lowest BCUT2D eigenvalue weighted by Crippen LogP contribution is -2.61. The highest BCUT2D eigenvalue weighted by atomic mass is 16.5. The van der Waals surface area contributed by atoms with E-state index >= 15 is 0 Å². The maximum atomic E-state index is 13.3. The Hall–Kier alpha value is -2.03. The zero-order valence-corrected chi connectivity index (χ0v) is 16.4. The van der Waals surface area contributed by atoms with Gasteiger partial charge in [0.25, 0.3) is 0 Å². The molecule has 152 valence electrons. The number of piperidine rings is 1. The second-order valence-corrected chi connectivity index (χ2v) is 8.61. The van der Waals surface area contributed by atoms with E-state index in [1.54, 1.807) is 11.7 Å². The minimum absolute atomic E-state index is 0.00706. The summed E-state index contributed by atoms with van der Waals surface area (Å²) < 4.78 is 0. The van der Waals surface area contributed by atoms with Gasteiger partial charge < -0.3 is 4.90 Å². The normalized spacial score (nSPS) is 27.6. The number of nitrogens with zero attached hydrogens (tertiary/aromatic N) is 4. The zero-order chi connectivity index (χ0) is 19.7. The first-order valence-electron chi connectivity index (χ1n) is 10.1. The molecule has 2 N–H and O–H groups in total. The van der Waals surface area contributed by atoms with Crippen molar-refractivity contribution in [1.82, 2.24) is 25.2 Å². The largest absolute Gasteiger partial charge is 0.339 e. The molecule has 1 saturated carbocycles. The van der Waals surface area contributed by atoms with E-state index in [1.165, 1.54) is 5.56 Å². The third kappa shape index (κ3) is 3.90. The number of carbonyl (C=O) groups is 2. The van der Waals surface area contributed by atoms with Crippen LogP contribution in [0.3, 0.4) is 0 Å². The Morgan fingerprint density at radius 3 is 2.64 bits per heavy atom. The molecule has 1 aromatic rings. The Kier molecular flexibility index (Phi) is 5.35. The minimum Gasteiger partial charge on any atom is -0.339 e. The number of nitrogens with one attached hydrogen (secondary N) is 1. The van der Waals surface area contributed by atoms with Crippen LogP contribution in [-0.2, 0) is 16.1 Å². The Labute approximate surface area is 165 Å². The topological polar surface area (TPSA) is 89.0 Å². The number of carbonyl (C=O) groups excluding carboxylic acids is 2. The van der Waals surface area contributed by atoms with Gasteiger partial charge in [-0.25, -0.2) is 5.48 Å². The van der Waals surface area contributed by atoms with Gasteiger partial charge in [-0.1, -0.05) is 6.07 Å². The van der Waals surface area contributed by atoms with Crippen LogP contribution in [0.4, 0.5) is 0 Å². The van der Waals surface area contributed by atoms with Crippen LogP contribution in [0.2, 0.25) is 0 Å². The number of hydrogen-bond acceptors (Lipinski definition) is 6. The predicted molar refractivity (Wildman–Crippen MR) is 102 cm³/mol. The van der Waals surface area contributed by atoms with E-state index in [9.17, 15) is 14.8 Å². The van der Waals surface area contributed by atoms with Gasteiger partial charge in [0.2, 0.25) is 11.8 Å². The first kappa shape index (κ1) is 19.3. The molecule has 2 amide bonds. The lowest BCUT2D eigenvalue weighted by atomic mass is 9.80. The number of piperazine rings is 1. The van der Waals surface area contributed by atoms with Gasteiger partial charge in [0.1, 0.15) is 6.04 Å². The molecule has 2 saturated heterocycles. The number of rotatable bonds is 4. The molecule has 1 aliphatic carbocycles. The molecule has 3 heterocycles. The van der Waals surface area contributed by atoms with E-state index in [0.29, 0.717) is 19.5 Å². The molecule has 3 fully saturated rings. The Bertz CT molecular complexity index is 716. The zero-order valence-electron chi connectivity index (χ0n) is 16.4. The molecule has 0 aromatic carbocycles. The van der Waals surface area contributed by atoms with E-state index in [-0.39, 0.29) is 11.3 Å². The van der Waals surface area contributed by atoms with Crippen LogP contribution >= 0.6 is 0 Å². The van der Waals surface area contributed by atoms with Crippen molar-refractivity contribution >= 4 is 11.8 Å². The van der Waals surface area contributed by atoms with Crippen molar-refractivity contribution in [3.05, 3.63) is 30.1 Å². The number of amides is 2. The number of pyridine rings is 1. The van der Waals surface area contributed by atoms with Crippen molar-refractivity contribution in [2.45, 2.75) is 31.8 Å². The fraction of sp³-hybridized carbons (Fsp3) is 0.650. The number of hydrogen-bond donors (Lipinski definition) is 2. The van der Waals surface area contributed by atoms with E-state index in [1.807, 2.05) is 29.1 Å². The first-order valence-corrected chi connectivity index (χ1v) is 10.1. The van der Waals surface area contributed by atoms with E-state index < -0.39 is 17.9 Å². The highest BCUT2D eigenvalue weighted by Crippen LogP contribution is 2.54. The SMILES string of the molecule is CN1CC2(CC2)CC(C(=O)NO)C1C(=O)N1CCN(Cc2cccnc2)CC1. The molecule has 3 aliphatic rings. The van der Waals surface area contributed by atoms with Crippen LogP contribution in [0.5, 0.6) is 0 Å². The van der Waals surface area contributed by atoms with Crippen molar-refractivity contribution in [2.24, 2.45) is 11.3 Å². The summed E-state index contributed by atoms with van der Waals surface area (Å²) in [5.41, 5.74) is 3.12. The summed E-state index contributed by atoms with van der Waals surface area (Å²) in [7, 11) is 1.93. The first-order chi connectivity index (χ1) is 13.5. The van der Waals surface area contributed by atoms with Crippen LogP contribution in [0, 0.1) is 11.3 Å². The average Bonchev–Trinajstić information content (AvgIpc) is 3.46. The molecular weight excluding hydrogens is 358 g/mol. The number of aromatic nitrogens is 1. The minimum atomic E-state index is -0.497. The monoisotopic (exact) mass is 387 g/mol. The molecule has 2 aliphatic heterocycles. The molecular formula is C20H29N5O3. The van der Waals surface area contributed by atoms with Gasteiger partial charge in [0.05, 0.1) is 5.92 Å². The van der Waals surface area contributed by atoms with Gasteiger partial charge in [-0.15, -0.1) is 0 Å². The van der Waals surface area contributed by atoms with Gasteiger partial charge in [-0.2, -0.15) is 0 Å². The van der Waals surface area contributed by atoms with Gasteiger partial charge >= 0.3 is 0 Å². The number of likely N-dealkylation sites (N-methyl/N-ethyl adjacent to an activating group) is 1. The molecule has 1 spiro atoms. The van der Waals surface area contributed by atoms with Crippen molar-refractivity contribution in [3.8, 4) is 0 Å². The molecule has 8 nitrogen and oxygen atoms in total. The van der Waals surface area contributed by atoms with Gasteiger partial charge in [0, 0.05) is 51.7 Å². The third-order valence-corrected chi connectivity index (χ3v) is 6.56. The quantitative estimate of drug-likeness (QED) is 0.572. The second-order valence-electron chi connectivity index (χ2n) is 8.61. The van der Waals surface area contributed by atoms with Crippen LogP contribution < -0.4 is 5.48 Å². The molecule has 2 unspecified atom stereocenters. The summed E-state index contributed by atoms with van der Waals surface area (Å²) in [6.07, 6.45) is 6.52. The number of likely N-dealkylation sites (tertiary alicyclic amines) is 1. The second kappa shape index (κ2) is 7.77. The Morgan fingerprint density at radius 1 is 1.29 bits per heavy atom. The fourth-order valence-corrected chi connectivity index (χ4v) is 4.86. The lowest BCUT2D eigenvalue weighted by Gasteiger charge is -2.44. The Morgan fingerprint density at radius 2 is 2.04 bits per heavy atom. The molecule has 2 atom stereocenters. The van der Waals surface area contributed by atoms with Crippen LogP contribution in [0.25, 0.3) is 0 Å². The van der Waals surface area contributed by atoms with Crippen molar-refractivity contribution in [1.29, 1.82) is 0 Å². The van der Waals surface area contributed by atoms with Crippen LogP contribution in [-0.4, -0.2) is 82.5 Å². The predicted octanol–water partition coefficient (Wildman–Crippen LogP) is 0.332. The van der Waals surface area contributed by atoms with Crippen molar-refractivity contribution < 1.29 is 14.8 Å². The molecule has 0 radical (unpaired) electrons. The maximum Gasteiger partial charge on any atom is 0.248 e. The summed E-state index contributed by atoms with van der Waals surface area (Å²) >= 11 is 0. The van der Waals surface area contributed by atoms with Crippen LogP contribution in [0.15, 0.2) is 24.5 Å². The third-order valence-electron chi connectivity index (χ3n) is 6.56. The number of hydroxylamine groups is 1. The smallest absolute Gasteiger partial charge is 0.248 e. The molecule has 28 heavy (non-hydrogen) atoms. The van der Waals surface area contributed by atoms with E-state index in [0.717, 1.165) is 39.0 Å². The van der Waals surface area contributed by atoms with E-state index in [4.69, 9.17) is 0 Å². The standard InChI is InChI=1S/C20H29N5O3/c1-23-14-20(4-5-20)11-16(18(26)22-28)17(23)19(27)25-9-7-24(8-10-25)13-15-3-2-6-21-12-15/h2-3,6,12,16-17,28H,4-5,7-11,13-14H2,1H3,(H,22,26). The molecule has 1 aromatic heterocycles. The summed E-state index contributed by atoms with van der Waals surface area (Å²) in [5.74, 6) is -0.925. The molecule has 8 heteroatoms. The highest BCUT2D eigenvalue weighted by molar-refractivity contribution is 5.90. The average molecular weight is 387 g/mol. The summed E-state index contributed by atoms with van der Waals surface area (Å²) in [6, 6.07) is 3.50. The lowest BCUT2D eigenvalue weighted by molar-refractivity contribution is -0.151. The molecule has 0 bridgehead atoms. The van der Waals surface area contributed by atoms with Gasteiger partial charge in [0.15, 0.2) is 0 Å². The highest BCUT2D eigenvalue weighted by Gasteiger charge is 2.55. The maximum absolute atomic E-state index is 13.3. The van der Waals surface area contributed by atoms with Gasteiger partial charge in [-0.05, 0) is 43.4 Å². The van der Waals surface area contributed by atoms with Crippen LogP contribution in [0.1, 0.15) is 24.8 Å². The van der Waals surface area contributed by atoms with Crippen molar-refractivity contribution in [3.63, 3.8) is 0 Å².